The standard InChI is InChI=1S/C16H21N3/c1-19(2)16-10-8-15(9-11-16)13-18-17-12-14-6-4-3-5-7-14/h3-11,17-18H,12-13H2,1-2H3. The van der Waals surface area contributed by atoms with E-state index in [-0.39, 0.29) is 0 Å². The Morgan fingerprint density at radius 2 is 1.26 bits per heavy atom. The molecule has 0 aliphatic rings. The summed E-state index contributed by atoms with van der Waals surface area (Å²) < 4.78 is 0. The maximum atomic E-state index is 3.24. The van der Waals surface area contributed by atoms with E-state index in [1.165, 1.54) is 16.8 Å². The molecule has 0 atom stereocenters. The normalized spacial score (nSPS) is 10.4. The summed E-state index contributed by atoms with van der Waals surface area (Å²) in [6.45, 7) is 1.65. The second-order valence-electron chi connectivity index (χ2n) is 4.75. The molecule has 2 rings (SSSR count). The van der Waals surface area contributed by atoms with Crippen LogP contribution < -0.4 is 15.8 Å². The molecule has 0 radical (unpaired) electrons. The third-order valence-corrected chi connectivity index (χ3v) is 3.01. The molecular weight excluding hydrogens is 234 g/mol. The van der Waals surface area contributed by atoms with Crippen molar-refractivity contribution in [2.24, 2.45) is 0 Å². The van der Waals surface area contributed by atoms with Gasteiger partial charge in [-0.2, -0.15) is 0 Å². The number of rotatable bonds is 6. The van der Waals surface area contributed by atoms with E-state index in [4.69, 9.17) is 0 Å². The molecule has 0 fully saturated rings. The minimum absolute atomic E-state index is 0.820. The number of hydrogen-bond donors (Lipinski definition) is 2. The van der Waals surface area contributed by atoms with Gasteiger partial charge in [0, 0.05) is 32.9 Å². The van der Waals surface area contributed by atoms with Crippen LogP contribution in [0.2, 0.25) is 0 Å². The van der Waals surface area contributed by atoms with Crippen molar-refractivity contribution in [2.45, 2.75) is 13.1 Å². The molecule has 0 spiro atoms. The lowest BCUT2D eigenvalue weighted by Crippen LogP contribution is -2.30. The number of benzene rings is 2. The molecule has 0 saturated carbocycles. The van der Waals surface area contributed by atoms with Crippen molar-refractivity contribution in [3.63, 3.8) is 0 Å². The van der Waals surface area contributed by atoms with E-state index in [0.717, 1.165) is 13.1 Å². The quantitative estimate of drug-likeness (QED) is 0.613. The smallest absolute Gasteiger partial charge is 0.0361 e. The summed E-state index contributed by atoms with van der Waals surface area (Å²) in [5, 5.41) is 0. The predicted octanol–water partition coefficient (Wildman–Crippen LogP) is 2.55. The zero-order chi connectivity index (χ0) is 13.5. The topological polar surface area (TPSA) is 27.3 Å². The Labute approximate surface area is 115 Å². The second kappa shape index (κ2) is 6.92. The highest BCUT2D eigenvalue weighted by Gasteiger charge is 1.96. The number of hydrogen-bond acceptors (Lipinski definition) is 3. The molecular formula is C16H21N3. The largest absolute Gasteiger partial charge is 0.378 e. The molecule has 100 valence electrons. The Bertz CT molecular complexity index is 477. The van der Waals surface area contributed by atoms with Crippen molar-refractivity contribution in [3.8, 4) is 0 Å². The van der Waals surface area contributed by atoms with Gasteiger partial charge in [-0.05, 0) is 23.3 Å². The molecule has 0 amide bonds. The highest BCUT2D eigenvalue weighted by molar-refractivity contribution is 5.45. The molecule has 3 heteroatoms. The summed E-state index contributed by atoms with van der Waals surface area (Å²) in [6.07, 6.45) is 0. The van der Waals surface area contributed by atoms with Crippen LogP contribution in [-0.2, 0) is 13.1 Å². The lowest BCUT2D eigenvalue weighted by molar-refractivity contribution is 0.529. The molecule has 0 aliphatic heterocycles. The van der Waals surface area contributed by atoms with Gasteiger partial charge in [0.1, 0.15) is 0 Å². The molecule has 0 aliphatic carbocycles. The van der Waals surface area contributed by atoms with Gasteiger partial charge in [-0.25, -0.2) is 0 Å². The van der Waals surface area contributed by atoms with E-state index >= 15 is 0 Å². The molecule has 19 heavy (non-hydrogen) atoms. The Balaban J connectivity index is 1.74. The fourth-order valence-corrected chi connectivity index (χ4v) is 1.84. The first-order chi connectivity index (χ1) is 9.25. The second-order valence-corrected chi connectivity index (χ2v) is 4.75. The van der Waals surface area contributed by atoms with E-state index in [9.17, 15) is 0 Å². The van der Waals surface area contributed by atoms with Gasteiger partial charge in [-0.15, -0.1) is 0 Å². The van der Waals surface area contributed by atoms with Gasteiger partial charge in [0.05, 0.1) is 0 Å². The molecule has 2 aromatic rings. The van der Waals surface area contributed by atoms with Gasteiger partial charge in [0.25, 0.3) is 0 Å². The highest BCUT2D eigenvalue weighted by atomic mass is 15.3. The third kappa shape index (κ3) is 4.39. The maximum Gasteiger partial charge on any atom is 0.0361 e. The third-order valence-electron chi connectivity index (χ3n) is 3.01. The summed E-state index contributed by atoms with van der Waals surface area (Å²) in [7, 11) is 4.10. The molecule has 0 bridgehead atoms. The van der Waals surface area contributed by atoms with Crippen LogP contribution in [0.4, 0.5) is 5.69 Å². The van der Waals surface area contributed by atoms with Crippen molar-refractivity contribution in [1.82, 2.24) is 10.9 Å². The van der Waals surface area contributed by atoms with E-state index in [0.29, 0.717) is 0 Å². The van der Waals surface area contributed by atoms with Gasteiger partial charge >= 0.3 is 0 Å². The van der Waals surface area contributed by atoms with Crippen LogP contribution in [0.15, 0.2) is 54.6 Å². The minimum Gasteiger partial charge on any atom is -0.378 e. The van der Waals surface area contributed by atoms with Crippen LogP contribution in [0.3, 0.4) is 0 Å². The SMILES string of the molecule is CN(C)c1ccc(CNNCc2ccccc2)cc1. The van der Waals surface area contributed by atoms with Gasteiger partial charge < -0.3 is 4.90 Å². The fourth-order valence-electron chi connectivity index (χ4n) is 1.84. The monoisotopic (exact) mass is 255 g/mol. The average molecular weight is 255 g/mol. The van der Waals surface area contributed by atoms with Gasteiger partial charge in [0.2, 0.25) is 0 Å². The van der Waals surface area contributed by atoms with Crippen LogP contribution in [0.25, 0.3) is 0 Å². The number of anilines is 1. The van der Waals surface area contributed by atoms with E-state index in [2.05, 4.69) is 78.4 Å². The molecule has 3 nitrogen and oxygen atoms in total. The zero-order valence-electron chi connectivity index (χ0n) is 11.6. The van der Waals surface area contributed by atoms with Crippen molar-refractivity contribution in [2.75, 3.05) is 19.0 Å². The van der Waals surface area contributed by atoms with Crippen LogP contribution in [0.1, 0.15) is 11.1 Å². The molecule has 0 aromatic heterocycles. The van der Waals surface area contributed by atoms with Crippen LogP contribution in [-0.4, -0.2) is 14.1 Å². The van der Waals surface area contributed by atoms with Crippen molar-refractivity contribution >= 4 is 5.69 Å². The van der Waals surface area contributed by atoms with Crippen molar-refractivity contribution in [3.05, 3.63) is 65.7 Å². The molecule has 0 heterocycles. The van der Waals surface area contributed by atoms with Gasteiger partial charge in [-0.1, -0.05) is 42.5 Å². The average Bonchev–Trinajstić information content (AvgIpc) is 2.45. The van der Waals surface area contributed by atoms with Crippen LogP contribution in [0.5, 0.6) is 0 Å². The summed E-state index contributed by atoms with van der Waals surface area (Å²) in [5.74, 6) is 0. The molecule has 0 saturated heterocycles. The fraction of sp³-hybridized carbons (Fsp3) is 0.250. The lowest BCUT2D eigenvalue weighted by atomic mass is 10.2. The lowest BCUT2D eigenvalue weighted by Gasteiger charge is -2.13. The zero-order valence-corrected chi connectivity index (χ0v) is 11.6. The van der Waals surface area contributed by atoms with E-state index < -0.39 is 0 Å². The van der Waals surface area contributed by atoms with E-state index in [1.54, 1.807) is 0 Å². The van der Waals surface area contributed by atoms with Crippen molar-refractivity contribution < 1.29 is 0 Å². The predicted molar refractivity (Wildman–Crippen MR) is 80.9 cm³/mol. The van der Waals surface area contributed by atoms with Gasteiger partial charge in [0.15, 0.2) is 0 Å². The molecule has 2 N–H and O–H groups in total. The Morgan fingerprint density at radius 3 is 1.79 bits per heavy atom. The first-order valence-corrected chi connectivity index (χ1v) is 6.51. The summed E-state index contributed by atoms with van der Waals surface area (Å²) in [5.41, 5.74) is 10.2. The Hall–Kier alpha value is -1.84. The highest BCUT2D eigenvalue weighted by Crippen LogP contribution is 2.11. The summed E-state index contributed by atoms with van der Waals surface area (Å²) in [6, 6.07) is 18.9. The number of hydrazine groups is 1. The summed E-state index contributed by atoms with van der Waals surface area (Å²) >= 11 is 0. The Kier molecular flexibility index (Phi) is 4.95. The van der Waals surface area contributed by atoms with Crippen LogP contribution >= 0.6 is 0 Å². The number of nitrogens with one attached hydrogen (secondary N) is 2. The molecule has 2 aromatic carbocycles. The first kappa shape index (κ1) is 13.6. The van der Waals surface area contributed by atoms with Crippen LogP contribution in [0, 0.1) is 0 Å². The Morgan fingerprint density at radius 1 is 0.737 bits per heavy atom. The van der Waals surface area contributed by atoms with Crippen molar-refractivity contribution in [1.29, 1.82) is 0 Å². The number of nitrogens with zero attached hydrogens (tertiary/aromatic N) is 1. The maximum absolute atomic E-state index is 3.24. The minimum atomic E-state index is 0.820. The molecule has 0 unspecified atom stereocenters. The summed E-state index contributed by atoms with van der Waals surface area (Å²) in [4.78, 5) is 2.10. The van der Waals surface area contributed by atoms with E-state index in [1.807, 2.05) is 6.07 Å². The first-order valence-electron chi connectivity index (χ1n) is 6.51. The van der Waals surface area contributed by atoms with Gasteiger partial charge in [-0.3, -0.25) is 10.9 Å².